The first-order valence-corrected chi connectivity index (χ1v) is 7.06. The summed E-state index contributed by atoms with van der Waals surface area (Å²) in [5, 5.41) is 5.57. The largest absolute Gasteiger partial charge is 0.379 e. The highest BCUT2D eigenvalue weighted by atomic mass is 16.5. The molecule has 1 heterocycles. The van der Waals surface area contributed by atoms with Gasteiger partial charge in [-0.05, 0) is 31.5 Å². The Labute approximate surface area is 124 Å². The highest BCUT2D eigenvalue weighted by Crippen LogP contribution is 2.20. The number of amides is 2. The van der Waals surface area contributed by atoms with E-state index < -0.39 is 0 Å². The number of anilines is 1. The molecule has 1 aliphatic heterocycles. The van der Waals surface area contributed by atoms with Gasteiger partial charge in [-0.2, -0.15) is 0 Å². The number of nitrogens with one attached hydrogen (secondary N) is 2. The second kappa shape index (κ2) is 6.69. The Hall–Kier alpha value is -1.92. The minimum absolute atomic E-state index is 0.158. The van der Waals surface area contributed by atoms with Crippen molar-refractivity contribution in [3.8, 4) is 0 Å². The normalized spacial score (nSPS) is 21.1. The number of carbonyl (C=O) groups is 2. The van der Waals surface area contributed by atoms with Crippen molar-refractivity contribution in [2.75, 3.05) is 25.1 Å². The van der Waals surface area contributed by atoms with Gasteiger partial charge in [-0.3, -0.25) is 9.59 Å². The van der Waals surface area contributed by atoms with Crippen LogP contribution in [0.1, 0.15) is 22.8 Å². The molecular formula is C15H21N3O3. The molecule has 1 aliphatic rings. The SMILES string of the molecule is CCNC(=O)c1ccc(C)c(NC(=O)C2COCC2N)c1. The van der Waals surface area contributed by atoms with Crippen LogP contribution >= 0.6 is 0 Å². The van der Waals surface area contributed by atoms with Crippen LogP contribution in [0.15, 0.2) is 18.2 Å². The van der Waals surface area contributed by atoms with E-state index in [4.69, 9.17) is 10.5 Å². The maximum Gasteiger partial charge on any atom is 0.251 e. The van der Waals surface area contributed by atoms with E-state index in [2.05, 4.69) is 10.6 Å². The van der Waals surface area contributed by atoms with E-state index in [1.165, 1.54) is 0 Å². The molecule has 0 aliphatic carbocycles. The second-order valence-electron chi connectivity index (χ2n) is 5.19. The fraction of sp³-hybridized carbons (Fsp3) is 0.467. The lowest BCUT2D eigenvalue weighted by atomic mass is 10.0. The van der Waals surface area contributed by atoms with Crippen molar-refractivity contribution in [2.45, 2.75) is 19.9 Å². The molecule has 0 bridgehead atoms. The lowest BCUT2D eigenvalue weighted by molar-refractivity contribution is -0.120. The molecule has 2 atom stereocenters. The van der Waals surface area contributed by atoms with Crippen LogP contribution in [-0.2, 0) is 9.53 Å². The molecule has 1 aromatic carbocycles. The average Bonchev–Trinajstić information content (AvgIpc) is 2.87. The van der Waals surface area contributed by atoms with E-state index in [9.17, 15) is 9.59 Å². The number of carbonyl (C=O) groups excluding carboxylic acids is 2. The van der Waals surface area contributed by atoms with Crippen LogP contribution in [0, 0.1) is 12.8 Å². The summed E-state index contributed by atoms with van der Waals surface area (Å²) in [4.78, 5) is 24.1. The minimum atomic E-state index is -0.350. The van der Waals surface area contributed by atoms with Gasteiger partial charge < -0.3 is 21.1 Å². The summed E-state index contributed by atoms with van der Waals surface area (Å²) in [6.45, 7) is 5.03. The first-order chi connectivity index (χ1) is 10.0. The molecule has 2 rings (SSSR count). The zero-order valence-electron chi connectivity index (χ0n) is 12.3. The fourth-order valence-electron chi connectivity index (χ4n) is 2.23. The van der Waals surface area contributed by atoms with Gasteiger partial charge in [0.2, 0.25) is 5.91 Å². The third-order valence-electron chi connectivity index (χ3n) is 3.56. The Morgan fingerprint density at radius 1 is 1.38 bits per heavy atom. The molecular weight excluding hydrogens is 270 g/mol. The number of nitrogens with two attached hydrogens (primary N) is 1. The van der Waals surface area contributed by atoms with E-state index in [0.717, 1.165) is 5.56 Å². The smallest absolute Gasteiger partial charge is 0.251 e. The lowest BCUT2D eigenvalue weighted by Gasteiger charge is -2.15. The summed E-state index contributed by atoms with van der Waals surface area (Å²) in [6.07, 6.45) is 0. The third kappa shape index (κ3) is 3.59. The average molecular weight is 291 g/mol. The quantitative estimate of drug-likeness (QED) is 0.759. The Kier molecular flexibility index (Phi) is 4.93. The number of aryl methyl sites for hydroxylation is 1. The maximum absolute atomic E-state index is 12.2. The lowest BCUT2D eigenvalue weighted by Crippen LogP contribution is -2.37. The molecule has 2 unspecified atom stereocenters. The Balaban J connectivity index is 2.13. The number of hydrogen-bond donors (Lipinski definition) is 3. The van der Waals surface area contributed by atoms with Crippen LogP contribution in [0.5, 0.6) is 0 Å². The van der Waals surface area contributed by atoms with Crippen molar-refractivity contribution in [3.63, 3.8) is 0 Å². The monoisotopic (exact) mass is 291 g/mol. The molecule has 2 amide bonds. The fourth-order valence-corrected chi connectivity index (χ4v) is 2.23. The molecule has 0 saturated carbocycles. The van der Waals surface area contributed by atoms with Gasteiger partial charge in [-0.1, -0.05) is 6.07 Å². The van der Waals surface area contributed by atoms with Gasteiger partial charge in [-0.25, -0.2) is 0 Å². The summed E-state index contributed by atoms with van der Waals surface area (Å²) >= 11 is 0. The molecule has 0 radical (unpaired) electrons. The first kappa shape index (κ1) is 15.5. The molecule has 6 heteroatoms. The number of hydrogen-bond acceptors (Lipinski definition) is 4. The van der Waals surface area contributed by atoms with E-state index in [-0.39, 0.29) is 23.8 Å². The number of benzene rings is 1. The Morgan fingerprint density at radius 3 is 2.76 bits per heavy atom. The van der Waals surface area contributed by atoms with Crippen LogP contribution in [0.25, 0.3) is 0 Å². The molecule has 6 nitrogen and oxygen atoms in total. The van der Waals surface area contributed by atoms with Crippen molar-refractivity contribution in [3.05, 3.63) is 29.3 Å². The van der Waals surface area contributed by atoms with Crippen LogP contribution in [-0.4, -0.2) is 37.6 Å². The van der Waals surface area contributed by atoms with Crippen LogP contribution < -0.4 is 16.4 Å². The minimum Gasteiger partial charge on any atom is -0.379 e. The van der Waals surface area contributed by atoms with E-state index >= 15 is 0 Å². The summed E-state index contributed by atoms with van der Waals surface area (Å²) in [5.41, 5.74) is 7.88. The molecule has 0 spiro atoms. The first-order valence-electron chi connectivity index (χ1n) is 7.06. The summed E-state index contributed by atoms with van der Waals surface area (Å²) in [6, 6.07) is 4.95. The predicted molar refractivity (Wildman–Crippen MR) is 80.1 cm³/mol. The highest BCUT2D eigenvalue weighted by molar-refractivity contribution is 5.98. The third-order valence-corrected chi connectivity index (χ3v) is 3.56. The summed E-state index contributed by atoms with van der Waals surface area (Å²) in [7, 11) is 0. The van der Waals surface area contributed by atoms with E-state index in [1.807, 2.05) is 19.9 Å². The predicted octanol–water partition coefficient (Wildman–Crippen LogP) is 0.657. The van der Waals surface area contributed by atoms with Gasteiger partial charge in [0.1, 0.15) is 0 Å². The number of rotatable bonds is 4. The molecule has 1 fully saturated rings. The van der Waals surface area contributed by atoms with Crippen molar-refractivity contribution in [1.82, 2.24) is 5.32 Å². The topological polar surface area (TPSA) is 93.5 Å². The molecule has 0 aromatic heterocycles. The zero-order chi connectivity index (χ0) is 15.4. The maximum atomic E-state index is 12.2. The van der Waals surface area contributed by atoms with Crippen molar-refractivity contribution in [2.24, 2.45) is 11.7 Å². The second-order valence-corrected chi connectivity index (χ2v) is 5.19. The summed E-state index contributed by atoms with van der Waals surface area (Å²) in [5.74, 6) is -0.678. The van der Waals surface area contributed by atoms with Crippen LogP contribution in [0.2, 0.25) is 0 Å². The summed E-state index contributed by atoms with van der Waals surface area (Å²) < 4.78 is 5.20. The zero-order valence-corrected chi connectivity index (χ0v) is 12.3. The van der Waals surface area contributed by atoms with Crippen LogP contribution in [0.4, 0.5) is 5.69 Å². The Morgan fingerprint density at radius 2 is 2.14 bits per heavy atom. The van der Waals surface area contributed by atoms with Crippen LogP contribution in [0.3, 0.4) is 0 Å². The van der Waals surface area contributed by atoms with Crippen molar-refractivity contribution in [1.29, 1.82) is 0 Å². The standard InChI is InChI=1S/C15H21N3O3/c1-3-17-14(19)10-5-4-9(2)13(6-10)18-15(20)11-7-21-8-12(11)16/h4-6,11-12H,3,7-8,16H2,1-2H3,(H,17,19)(H,18,20). The molecule has 1 saturated heterocycles. The van der Waals surface area contributed by atoms with Crippen molar-refractivity contribution >= 4 is 17.5 Å². The highest BCUT2D eigenvalue weighted by Gasteiger charge is 2.31. The van der Waals surface area contributed by atoms with Gasteiger partial charge in [0.15, 0.2) is 0 Å². The van der Waals surface area contributed by atoms with Gasteiger partial charge in [0.05, 0.1) is 19.1 Å². The van der Waals surface area contributed by atoms with E-state index in [0.29, 0.717) is 31.0 Å². The van der Waals surface area contributed by atoms with Gasteiger partial charge >= 0.3 is 0 Å². The molecule has 1 aromatic rings. The Bertz CT molecular complexity index is 545. The molecule has 21 heavy (non-hydrogen) atoms. The molecule has 114 valence electrons. The van der Waals surface area contributed by atoms with Crippen molar-refractivity contribution < 1.29 is 14.3 Å². The number of ether oxygens (including phenoxy) is 1. The van der Waals surface area contributed by atoms with Gasteiger partial charge in [0.25, 0.3) is 5.91 Å². The van der Waals surface area contributed by atoms with Gasteiger partial charge in [-0.15, -0.1) is 0 Å². The van der Waals surface area contributed by atoms with Gasteiger partial charge in [0, 0.05) is 23.8 Å². The molecule has 4 N–H and O–H groups in total. The van der Waals surface area contributed by atoms with E-state index in [1.54, 1.807) is 12.1 Å².